The molecule has 1 fully saturated rings. The molecule has 1 amide bonds. The van der Waals surface area contributed by atoms with Gasteiger partial charge in [0.25, 0.3) is 0 Å². The van der Waals surface area contributed by atoms with Gasteiger partial charge in [-0.05, 0) is 13.3 Å². The Hall–Kier alpha value is -1.35. The van der Waals surface area contributed by atoms with E-state index in [0.29, 0.717) is 0 Å². The number of carbonyl (C=O) groups excluding carboxylic acids is 1. The Labute approximate surface area is 114 Å². The topological polar surface area (TPSA) is 78.9 Å². The van der Waals surface area contributed by atoms with Crippen LogP contribution >= 0.6 is 0 Å². The monoisotopic (exact) mass is 300 g/mol. The van der Waals surface area contributed by atoms with E-state index in [1.165, 1.54) is 0 Å². The van der Waals surface area contributed by atoms with Gasteiger partial charge in [0.1, 0.15) is 0 Å². The predicted octanol–water partition coefficient (Wildman–Crippen LogP) is 0.475. The van der Waals surface area contributed by atoms with Gasteiger partial charge in [-0.1, -0.05) is 0 Å². The third kappa shape index (κ3) is 6.71. The quantitative estimate of drug-likeness (QED) is 0.792. The van der Waals surface area contributed by atoms with E-state index >= 15 is 0 Å². The van der Waals surface area contributed by atoms with Gasteiger partial charge in [-0.25, -0.2) is 4.79 Å². The van der Waals surface area contributed by atoms with Crippen molar-refractivity contribution in [2.45, 2.75) is 31.7 Å². The summed E-state index contributed by atoms with van der Waals surface area (Å²) in [4.78, 5) is 22.0. The second-order valence-electron chi connectivity index (χ2n) is 4.31. The fourth-order valence-corrected chi connectivity index (χ4v) is 1.57. The van der Waals surface area contributed by atoms with E-state index in [-0.39, 0.29) is 18.1 Å². The van der Waals surface area contributed by atoms with Gasteiger partial charge in [0.2, 0.25) is 5.91 Å². The molecule has 0 aromatic rings. The average molecular weight is 300 g/mol. The second-order valence-corrected chi connectivity index (χ2v) is 4.31. The van der Waals surface area contributed by atoms with E-state index in [4.69, 9.17) is 14.6 Å². The number of carboxylic acid groups (broad SMARTS) is 1. The first kappa shape index (κ1) is 18.7. The molecule has 118 valence electrons. The fourth-order valence-electron chi connectivity index (χ4n) is 1.57. The molecule has 9 heteroatoms. The van der Waals surface area contributed by atoms with Gasteiger partial charge in [0.05, 0.1) is 12.1 Å². The van der Waals surface area contributed by atoms with Crippen LogP contribution in [0.5, 0.6) is 0 Å². The Balaban J connectivity index is 0.000000441. The number of alkyl halides is 3. The SMILES string of the molecule is CCO[C@H]1CN[C@H](C(=O)N(C)C)C1.O=C(O)C(F)(F)F. The van der Waals surface area contributed by atoms with Crippen molar-refractivity contribution < 1.29 is 32.6 Å². The number of rotatable bonds is 3. The average Bonchev–Trinajstić information content (AvgIpc) is 2.76. The standard InChI is InChI=1S/C9H18N2O2.C2HF3O2/c1-4-13-7-5-8(10-6-7)9(12)11(2)3;3-2(4,5)1(6)7/h7-8,10H,4-6H2,1-3H3;(H,6,7)/t7-,8+;/m1./s1. The lowest BCUT2D eigenvalue weighted by atomic mass is 10.2. The van der Waals surface area contributed by atoms with Gasteiger partial charge in [0, 0.05) is 27.2 Å². The van der Waals surface area contributed by atoms with Crippen LogP contribution in [0.1, 0.15) is 13.3 Å². The number of hydrogen-bond donors (Lipinski definition) is 2. The summed E-state index contributed by atoms with van der Waals surface area (Å²) in [6.45, 7) is 3.48. The highest BCUT2D eigenvalue weighted by Gasteiger charge is 2.38. The molecule has 0 aromatic heterocycles. The summed E-state index contributed by atoms with van der Waals surface area (Å²) in [6, 6.07) is -0.0495. The molecule has 0 unspecified atom stereocenters. The number of nitrogens with one attached hydrogen (secondary N) is 1. The third-order valence-electron chi connectivity index (χ3n) is 2.47. The van der Waals surface area contributed by atoms with Crippen LogP contribution in [0.4, 0.5) is 13.2 Å². The van der Waals surface area contributed by atoms with Crippen LogP contribution in [0.15, 0.2) is 0 Å². The molecule has 1 rings (SSSR count). The Morgan fingerprint density at radius 3 is 2.25 bits per heavy atom. The van der Waals surface area contributed by atoms with Crippen LogP contribution in [0.3, 0.4) is 0 Å². The maximum Gasteiger partial charge on any atom is 0.490 e. The maximum absolute atomic E-state index is 11.5. The van der Waals surface area contributed by atoms with Crippen molar-refractivity contribution in [2.75, 3.05) is 27.2 Å². The lowest BCUT2D eigenvalue weighted by Crippen LogP contribution is -2.39. The molecule has 1 aliphatic rings. The van der Waals surface area contributed by atoms with E-state index in [1.807, 2.05) is 6.92 Å². The maximum atomic E-state index is 11.5. The molecular formula is C11H19F3N2O4. The van der Waals surface area contributed by atoms with Crippen molar-refractivity contribution in [1.29, 1.82) is 0 Å². The highest BCUT2D eigenvalue weighted by Crippen LogP contribution is 2.13. The minimum absolute atomic E-state index is 0.0495. The van der Waals surface area contributed by atoms with Gasteiger partial charge in [0.15, 0.2) is 0 Å². The molecule has 20 heavy (non-hydrogen) atoms. The molecular weight excluding hydrogens is 281 g/mol. The number of hydrogen-bond acceptors (Lipinski definition) is 4. The molecule has 1 saturated heterocycles. The molecule has 1 heterocycles. The Morgan fingerprint density at radius 1 is 1.40 bits per heavy atom. The minimum Gasteiger partial charge on any atom is -0.475 e. The molecule has 2 N–H and O–H groups in total. The Kier molecular flexibility index (Phi) is 7.51. The molecule has 0 aromatic carbocycles. The summed E-state index contributed by atoms with van der Waals surface area (Å²) in [6.07, 6.45) is -4.08. The second kappa shape index (κ2) is 8.05. The summed E-state index contributed by atoms with van der Waals surface area (Å²) in [5.41, 5.74) is 0. The zero-order chi connectivity index (χ0) is 15.9. The Bertz CT molecular complexity index is 334. The lowest BCUT2D eigenvalue weighted by molar-refractivity contribution is -0.192. The van der Waals surface area contributed by atoms with Crippen molar-refractivity contribution >= 4 is 11.9 Å². The number of aliphatic carboxylic acids is 1. The zero-order valence-electron chi connectivity index (χ0n) is 11.5. The van der Waals surface area contributed by atoms with Gasteiger partial charge < -0.3 is 20.1 Å². The first-order chi connectivity index (χ1) is 9.09. The summed E-state index contributed by atoms with van der Waals surface area (Å²) < 4.78 is 37.2. The van der Waals surface area contributed by atoms with Gasteiger partial charge in [-0.2, -0.15) is 13.2 Å². The molecule has 0 saturated carbocycles. The molecule has 0 radical (unpaired) electrons. The summed E-state index contributed by atoms with van der Waals surface area (Å²) >= 11 is 0. The number of nitrogens with zero attached hydrogens (tertiary/aromatic N) is 1. The summed E-state index contributed by atoms with van der Waals surface area (Å²) in [5.74, 6) is -2.62. The van der Waals surface area contributed by atoms with E-state index < -0.39 is 12.1 Å². The highest BCUT2D eigenvalue weighted by atomic mass is 19.4. The van der Waals surface area contributed by atoms with Crippen LogP contribution in [-0.4, -0.2) is 67.5 Å². The van der Waals surface area contributed by atoms with Gasteiger partial charge >= 0.3 is 12.1 Å². The van der Waals surface area contributed by atoms with Crippen molar-refractivity contribution in [2.24, 2.45) is 0 Å². The van der Waals surface area contributed by atoms with Crippen LogP contribution < -0.4 is 5.32 Å². The minimum atomic E-state index is -5.08. The first-order valence-electron chi connectivity index (χ1n) is 5.95. The summed E-state index contributed by atoms with van der Waals surface area (Å²) in [7, 11) is 3.55. The number of carbonyl (C=O) groups is 2. The number of carboxylic acids is 1. The normalized spacial score (nSPS) is 21.9. The van der Waals surface area contributed by atoms with E-state index in [2.05, 4.69) is 5.32 Å². The molecule has 0 aliphatic carbocycles. The van der Waals surface area contributed by atoms with E-state index in [0.717, 1.165) is 19.6 Å². The van der Waals surface area contributed by atoms with E-state index in [1.54, 1.807) is 19.0 Å². The number of likely N-dealkylation sites (N-methyl/N-ethyl adjacent to an activating group) is 1. The number of amides is 1. The molecule has 6 nitrogen and oxygen atoms in total. The van der Waals surface area contributed by atoms with E-state index in [9.17, 15) is 18.0 Å². The first-order valence-corrected chi connectivity index (χ1v) is 5.95. The number of ether oxygens (including phenoxy) is 1. The molecule has 2 atom stereocenters. The fraction of sp³-hybridized carbons (Fsp3) is 0.818. The third-order valence-corrected chi connectivity index (χ3v) is 2.47. The van der Waals surface area contributed by atoms with Crippen LogP contribution in [0.2, 0.25) is 0 Å². The smallest absolute Gasteiger partial charge is 0.475 e. The zero-order valence-corrected chi connectivity index (χ0v) is 11.5. The van der Waals surface area contributed by atoms with Gasteiger partial charge in [-0.15, -0.1) is 0 Å². The van der Waals surface area contributed by atoms with Crippen molar-refractivity contribution in [1.82, 2.24) is 10.2 Å². The highest BCUT2D eigenvalue weighted by molar-refractivity contribution is 5.81. The predicted molar refractivity (Wildman–Crippen MR) is 64.2 cm³/mol. The van der Waals surface area contributed by atoms with Gasteiger partial charge in [-0.3, -0.25) is 4.79 Å². The molecule has 0 bridgehead atoms. The lowest BCUT2D eigenvalue weighted by Gasteiger charge is -2.15. The van der Waals surface area contributed by atoms with Crippen LogP contribution in [-0.2, 0) is 14.3 Å². The molecule has 0 spiro atoms. The van der Waals surface area contributed by atoms with Crippen molar-refractivity contribution in [3.8, 4) is 0 Å². The van der Waals surface area contributed by atoms with Crippen molar-refractivity contribution in [3.63, 3.8) is 0 Å². The summed E-state index contributed by atoms with van der Waals surface area (Å²) in [5, 5.41) is 10.3. The Morgan fingerprint density at radius 2 is 1.90 bits per heavy atom. The number of halogens is 3. The van der Waals surface area contributed by atoms with Crippen LogP contribution in [0.25, 0.3) is 0 Å². The largest absolute Gasteiger partial charge is 0.490 e. The van der Waals surface area contributed by atoms with Crippen molar-refractivity contribution in [3.05, 3.63) is 0 Å². The van der Waals surface area contributed by atoms with Crippen LogP contribution in [0, 0.1) is 0 Å². The molecule has 1 aliphatic heterocycles.